The second-order valence-electron chi connectivity index (χ2n) is 7.02. The van der Waals surface area contributed by atoms with Crippen LogP contribution >= 0.6 is 11.3 Å². The molecule has 1 aliphatic carbocycles. The molecule has 2 aliphatic rings. The van der Waals surface area contributed by atoms with Gasteiger partial charge in [-0.3, -0.25) is 4.79 Å². The van der Waals surface area contributed by atoms with E-state index in [1.807, 2.05) is 30.7 Å². The summed E-state index contributed by atoms with van der Waals surface area (Å²) in [6, 6.07) is 3.98. The van der Waals surface area contributed by atoms with Gasteiger partial charge in [0.15, 0.2) is 0 Å². The van der Waals surface area contributed by atoms with Gasteiger partial charge in [-0.25, -0.2) is 0 Å². The van der Waals surface area contributed by atoms with Crippen LogP contribution in [0.15, 0.2) is 18.5 Å². The van der Waals surface area contributed by atoms with Crippen LogP contribution in [0.3, 0.4) is 0 Å². The van der Waals surface area contributed by atoms with Crippen LogP contribution in [0.1, 0.15) is 52.0 Å². The molecule has 1 amide bonds. The molecule has 2 aromatic heterocycles. The number of thiophene rings is 1. The SMILES string of the molecule is Cc1ccc(C(=O)N2CC(c3nncn3C)C3(CCCC3)C2)s1. The number of hydrogen-bond acceptors (Lipinski definition) is 4. The van der Waals surface area contributed by atoms with Crippen molar-refractivity contribution in [2.24, 2.45) is 12.5 Å². The molecule has 5 nitrogen and oxygen atoms in total. The molecule has 0 N–H and O–H groups in total. The van der Waals surface area contributed by atoms with E-state index in [0.29, 0.717) is 5.92 Å². The van der Waals surface area contributed by atoms with E-state index in [1.54, 1.807) is 17.7 Å². The zero-order valence-corrected chi connectivity index (χ0v) is 14.5. The molecule has 1 saturated carbocycles. The molecule has 2 aromatic rings. The molecule has 0 bridgehead atoms. The van der Waals surface area contributed by atoms with Gasteiger partial charge in [0.1, 0.15) is 12.2 Å². The molecule has 1 atom stereocenters. The third-order valence-electron chi connectivity index (χ3n) is 5.54. The van der Waals surface area contributed by atoms with E-state index in [2.05, 4.69) is 15.1 Å². The average Bonchev–Trinajstić information content (AvgIpc) is 3.28. The molecule has 1 unspecified atom stereocenters. The van der Waals surface area contributed by atoms with Crippen molar-refractivity contribution in [1.82, 2.24) is 19.7 Å². The second-order valence-corrected chi connectivity index (χ2v) is 8.31. The van der Waals surface area contributed by atoms with Gasteiger partial charge in [0.25, 0.3) is 5.91 Å². The Morgan fingerprint density at radius 3 is 2.74 bits per heavy atom. The lowest BCUT2D eigenvalue weighted by Crippen LogP contribution is -2.30. The third-order valence-corrected chi connectivity index (χ3v) is 6.53. The van der Waals surface area contributed by atoms with Crippen molar-refractivity contribution in [2.75, 3.05) is 13.1 Å². The summed E-state index contributed by atoms with van der Waals surface area (Å²) in [5.74, 6) is 1.52. The summed E-state index contributed by atoms with van der Waals surface area (Å²) in [7, 11) is 2.01. The number of aryl methyl sites for hydroxylation is 2. The maximum Gasteiger partial charge on any atom is 0.263 e. The van der Waals surface area contributed by atoms with Crippen LogP contribution < -0.4 is 0 Å². The van der Waals surface area contributed by atoms with E-state index in [-0.39, 0.29) is 11.3 Å². The Labute approximate surface area is 140 Å². The molecule has 122 valence electrons. The fourth-order valence-electron chi connectivity index (χ4n) is 4.38. The van der Waals surface area contributed by atoms with E-state index in [4.69, 9.17) is 0 Å². The van der Waals surface area contributed by atoms with E-state index in [9.17, 15) is 4.79 Å². The average molecular weight is 330 g/mol. The molecule has 1 spiro atoms. The number of aromatic nitrogens is 3. The van der Waals surface area contributed by atoms with Gasteiger partial charge in [-0.2, -0.15) is 0 Å². The Kier molecular flexibility index (Phi) is 3.52. The lowest BCUT2D eigenvalue weighted by atomic mass is 9.76. The number of carbonyl (C=O) groups is 1. The van der Waals surface area contributed by atoms with Crippen LogP contribution in [0.25, 0.3) is 0 Å². The van der Waals surface area contributed by atoms with Gasteiger partial charge in [-0.05, 0) is 37.3 Å². The van der Waals surface area contributed by atoms with E-state index in [1.165, 1.54) is 30.6 Å². The largest absolute Gasteiger partial charge is 0.337 e. The molecular formula is C17H22N4OS. The van der Waals surface area contributed by atoms with E-state index < -0.39 is 0 Å². The predicted molar refractivity (Wildman–Crippen MR) is 89.6 cm³/mol. The highest BCUT2D eigenvalue weighted by Crippen LogP contribution is 2.53. The maximum absolute atomic E-state index is 12.9. The highest BCUT2D eigenvalue weighted by Gasteiger charge is 2.51. The summed E-state index contributed by atoms with van der Waals surface area (Å²) < 4.78 is 2.02. The highest BCUT2D eigenvalue weighted by molar-refractivity contribution is 7.13. The van der Waals surface area contributed by atoms with Gasteiger partial charge in [0, 0.05) is 30.9 Å². The second kappa shape index (κ2) is 5.44. The van der Waals surface area contributed by atoms with Gasteiger partial charge in [-0.15, -0.1) is 21.5 Å². The van der Waals surface area contributed by atoms with Gasteiger partial charge >= 0.3 is 0 Å². The zero-order valence-electron chi connectivity index (χ0n) is 13.7. The van der Waals surface area contributed by atoms with E-state index in [0.717, 1.165) is 23.8 Å². The maximum atomic E-state index is 12.9. The molecular weight excluding hydrogens is 308 g/mol. The third kappa shape index (κ3) is 2.40. The van der Waals surface area contributed by atoms with Crippen molar-refractivity contribution in [1.29, 1.82) is 0 Å². The summed E-state index contributed by atoms with van der Waals surface area (Å²) in [6.45, 7) is 3.68. The lowest BCUT2D eigenvalue weighted by Gasteiger charge is -2.28. The molecule has 4 rings (SSSR count). The Morgan fingerprint density at radius 1 is 1.35 bits per heavy atom. The van der Waals surface area contributed by atoms with Gasteiger partial charge < -0.3 is 9.47 Å². The number of nitrogens with zero attached hydrogens (tertiary/aromatic N) is 4. The Bertz CT molecular complexity index is 729. The van der Waals surface area contributed by atoms with Crippen molar-refractivity contribution >= 4 is 17.2 Å². The molecule has 3 heterocycles. The van der Waals surface area contributed by atoms with Crippen LogP contribution in [-0.2, 0) is 7.05 Å². The summed E-state index contributed by atoms with van der Waals surface area (Å²) in [6.07, 6.45) is 6.67. The summed E-state index contributed by atoms with van der Waals surface area (Å²) in [5.41, 5.74) is 0.197. The van der Waals surface area contributed by atoms with Gasteiger partial charge in [-0.1, -0.05) is 12.8 Å². The van der Waals surface area contributed by atoms with E-state index >= 15 is 0 Å². The van der Waals surface area contributed by atoms with Gasteiger partial charge in [0.05, 0.1) is 4.88 Å². The number of hydrogen-bond donors (Lipinski definition) is 0. The fraction of sp³-hybridized carbons (Fsp3) is 0.588. The van der Waals surface area contributed by atoms with Gasteiger partial charge in [0.2, 0.25) is 0 Å². The summed E-state index contributed by atoms with van der Waals surface area (Å²) in [4.78, 5) is 17.0. The van der Waals surface area contributed by atoms with Crippen molar-refractivity contribution in [3.8, 4) is 0 Å². The number of rotatable bonds is 2. The Morgan fingerprint density at radius 2 is 2.13 bits per heavy atom. The van der Waals surface area contributed by atoms with Crippen LogP contribution in [0.2, 0.25) is 0 Å². The van der Waals surface area contributed by atoms with Crippen molar-refractivity contribution in [3.05, 3.63) is 34.0 Å². The number of carbonyl (C=O) groups excluding carboxylic acids is 1. The summed E-state index contributed by atoms with van der Waals surface area (Å²) in [5, 5.41) is 8.43. The van der Waals surface area contributed by atoms with Crippen molar-refractivity contribution in [3.63, 3.8) is 0 Å². The molecule has 23 heavy (non-hydrogen) atoms. The Hall–Kier alpha value is -1.69. The monoisotopic (exact) mass is 330 g/mol. The first-order valence-corrected chi connectivity index (χ1v) is 9.10. The summed E-state index contributed by atoms with van der Waals surface area (Å²) >= 11 is 1.59. The number of amides is 1. The van der Waals surface area contributed by atoms with Crippen molar-refractivity contribution < 1.29 is 4.79 Å². The van der Waals surface area contributed by atoms with Crippen molar-refractivity contribution in [2.45, 2.75) is 38.5 Å². The predicted octanol–water partition coefficient (Wildman–Crippen LogP) is 2.99. The number of likely N-dealkylation sites (tertiary alicyclic amines) is 1. The highest BCUT2D eigenvalue weighted by atomic mass is 32.1. The molecule has 0 aromatic carbocycles. The molecule has 2 fully saturated rings. The standard InChI is InChI=1S/C17H22N4OS/c1-12-5-6-14(23-12)16(22)21-9-13(15-19-18-11-20(15)2)17(10-21)7-3-4-8-17/h5-6,11,13H,3-4,7-10H2,1-2H3. The molecule has 6 heteroatoms. The molecule has 1 aliphatic heterocycles. The molecule has 1 saturated heterocycles. The first kappa shape index (κ1) is 14.9. The first-order chi connectivity index (χ1) is 11.1. The topological polar surface area (TPSA) is 51.0 Å². The first-order valence-electron chi connectivity index (χ1n) is 8.29. The van der Waals surface area contributed by atoms with Crippen LogP contribution in [0.4, 0.5) is 0 Å². The van der Waals surface area contributed by atoms with Crippen LogP contribution in [0.5, 0.6) is 0 Å². The minimum absolute atomic E-state index is 0.180. The fourth-order valence-corrected chi connectivity index (χ4v) is 5.21. The van der Waals surface area contributed by atoms with Crippen LogP contribution in [-0.4, -0.2) is 38.7 Å². The zero-order chi connectivity index (χ0) is 16.0. The quantitative estimate of drug-likeness (QED) is 0.850. The lowest BCUT2D eigenvalue weighted by molar-refractivity contribution is 0.0778. The minimum Gasteiger partial charge on any atom is -0.337 e. The normalized spacial score (nSPS) is 23.0. The smallest absolute Gasteiger partial charge is 0.263 e. The molecule has 0 radical (unpaired) electrons. The Balaban J connectivity index is 1.65. The van der Waals surface area contributed by atoms with Crippen LogP contribution in [0, 0.1) is 12.3 Å². The minimum atomic E-state index is 0.180.